The summed E-state index contributed by atoms with van der Waals surface area (Å²) in [7, 11) is 0. The van der Waals surface area contributed by atoms with Crippen molar-refractivity contribution in [2.45, 2.75) is 0 Å². The van der Waals surface area contributed by atoms with Gasteiger partial charge in [-0.3, -0.25) is 4.98 Å². The first kappa shape index (κ1) is 9.44. The SMILES string of the molecule is Clc1ccnc2c(Br)cc(Br)cc12. The predicted molar refractivity (Wildman–Crippen MR) is 62.2 cm³/mol. The molecule has 1 heterocycles. The van der Waals surface area contributed by atoms with Crippen molar-refractivity contribution in [3.8, 4) is 0 Å². The third kappa shape index (κ3) is 1.73. The van der Waals surface area contributed by atoms with Gasteiger partial charge >= 0.3 is 0 Å². The molecule has 0 saturated carbocycles. The number of rotatable bonds is 0. The molecular weight excluding hydrogens is 317 g/mol. The quantitative estimate of drug-likeness (QED) is 0.700. The fraction of sp³-hybridized carbons (Fsp3) is 0. The van der Waals surface area contributed by atoms with Crippen molar-refractivity contribution in [3.63, 3.8) is 0 Å². The van der Waals surface area contributed by atoms with Gasteiger partial charge in [0, 0.05) is 20.5 Å². The smallest absolute Gasteiger partial charge is 0.0859 e. The molecule has 0 aliphatic rings. The van der Waals surface area contributed by atoms with E-state index in [9.17, 15) is 0 Å². The van der Waals surface area contributed by atoms with E-state index in [4.69, 9.17) is 11.6 Å². The molecule has 1 nitrogen and oxygen atoms in total. The molecule has 0 saturated heterocycles. The molecule has 0 unspecified atom stereocenters. The van der Waals surface area contributed by atoms with Gasteiger partial charge in [-0.15, -0.1) is 0 Å². The Labute approximate surface area is 97.4 Å². The predicted octanol–water partition coefficient (Wildman–Crippen LogP) is 4.41. The number of aromatic nitrogens is 1. The minimum atomic E-state index is 0.715. The van der Waals surface area contributed by atoms with Crippen molar-refractivity contribution in [1.29, 1.82) is 0 Å². The second-order valence-electron chi connectivity index (χ2n) is 2.58. The van der Waals surface area contributed by atoms with Crippen LogP contribution in [0.25, 0.3) is 10.9 Å². The molecular formula is C9H4Br2ClN. The van der Waals surface area contributed by atoms with E-state index in [1.54, 1.807) is 12.3 Å². The number of pyridine rings is 1. The maximum absolute atomic E-state index is 6.02. The van der Waals surface area contributed by atoms with Crippen LogP contribution in [0.15, 0.2) is 33.3 Å². The summed E-state index contributed by atoms with van der Waals surface area (Å²) in [5.74, 6) is 0. The van der Waals surface area contributed by atoms with Gasteiger partial charge in [-0.2, -0.15) is 0 Å². The highest BCUT2D eigenvalue weighted by Crippen LogP contribution is 2.30. The largest absolute Gasteiger partial charge is 0.255 e. The summed E-state index contributed by atoms with van der Waals surface area (Å²) in [5.41, 5.74) is 0.885. The maximum Gasteiger partial charge on any atom is 0.0859 e. The van der Waals surface area contributed by atoms with Crippen molar-refractivity contribution < 1.29 is 0 Å². The van der Waals surface area contributed by atoms with E-state index in [0.717, 1.165) is 19.8 Å². The normalized spacial score (nSPS) is 10.7. The average Bonchev–Trinajstić information content (AvgIpc) is 2.07. The molecule has 0 aliphatic carbocycles. The number of fused-ring (bicyclic) bond motifs is 1. The molecule has 0 bridgehead atoms. The number of hydrogen-bond acceptors (Lipinski definition) is 1. The van der Waals surface area contributed by atoms with Gasteiger partial charge in [-0.25, -0.2) is 0 Å². The number of benzene rings is 1. The Morgan fingerprint density at radius 1 is 1.23 bits per heavy atom. The van der Waals surface area contributed by atoms with E-state index in [-0.39, 0.29) is 0 Å². The summed E-state index contributed by atoms with van der Waals surface area (Å²) in [6.45, 7) is 0. The van der Waals surface area contributed by atoms with Gasteiger partial charge in [-0.05, 0) is 34.1 Å². The Balaban J connectivity index is 2.94. The van der Waals surface area contributed by atoms with Crippen LogP contribution < -0.4 is 0 Å². The number of halogens is 3. The highest BCUT2D eigenvalue weighted by molar-refractivity contribution is 9.11. The molecule has 1 aromatic carbocycles. The van der Waals surface area contributed by atoms with Crippen LogP contribution in [-0.4, -0.2) is 4.98 Å². The van der Waals surface area contributed by atoms with Crippen LogP contribution in [-0.2, 0) is 0 Å². The van der Waals surface area contributed by atoms with E-state index in [2.05, 4.69) is 36.8 Å². The average molecular weight is 321 g/mol. The molecule has 13 heavy (non-hydrogen) atoms. The standard InChI is InChI=1S/C9H4Br2ClN/c10-5-3-6-8(12)1-2-13-9(6)7(11)4-5/h1-4H. The fourth-order valence-electron chi connectivity index (χ4n) is 1.15. The Kier molecular flexibility index (Phi) is 2.58. The lowest BCUT2D eigenvalue weighted by Gasteiger charge is -2.02. The minimum absolute atomic E-state index is 0.715. The van der Waals surface area contributed by atoms with Gasteiger partial charge in [0.25, 0.3) is 0 Å². The van der Waals surface area contributed by atoms with Crippen molar-refractivity contribution in [2.75, 3.05) is 0 Å². The lowest BCUT2D eigenvalue weighted by Crippen LogP contribution is -1.81. The van der Waals surface area contributed by atoms with Crippen LogP contribution in [0.2, 0.25) is 5.02 Å². The first-order valence-electron chi connectivity index (χ1n) is 3.58. The van der Waals surface area contributed by atoms with E-state index in [1.807, 2.05) is 12.1 Å². The summed E-state index contributed by atoms with van der Waals surface area (Å²) in [6.07, 6.45) is 1.70. The van der Waals surface area contributed by atoms with Crippen molar-refractivity contribution in [1.82, 2.24) is 4.98 Å². The second kappa shape index (κ2) is 3.56. The summed E-state index contributed by atoms with van der Waals surface area (Å²) in [5, 5.41) is 1.66. The molecule has 0 fully saturated rings. The monoisotopic (exact) mass is 319 g/mol. The van der Waals surface area contributed by atoms with Gasteiger partial charge in [0.05, 0.1) is 10.5 Å². The first-order valence-corrected chi connectivity index (χ1v) is 5.54. The lowest BCUT2D eigenvalue weighted by atomic mass is 10.2. The van der Waals surface area contributed by atoms with Crippen molar-refractivity contribution in [2.24, 2.45) is 0 Å². The second-order valence-corrected chi connectivity index (χ2v) is 4.75. The fourth-order valence-corrected chi connectivity index (χ4v) is 2.67. The minimum Gasteiger partial charge on any atom is -0.255 e. The zero-order valence-corrected chi connectivity index (χ0v) is 10.3. The summed E-state index contributed by atoms with van der Waals surface area (Å²) in [6, 6.07) is 5.68. The molecule has 0 radical (unpaired) electrons. The van der Waals surface area contributed by atoms with Crippen LogP contribution in [0.4, 0.5) is 0 Å². The Morgan fingerprint density at radius 3 is 2.77 bits per heavy atom. The number of nitrogens with zero attached hydrogens (tertiary/aromatic N) is 1. The summed E-state index contributed by atoms with van der Waals surface area (Å²) in [4.78, 5) is 4.23. The molecule has 2 aromatic rings. The molecule has 0 N–H and O–H groups in total. The van der Waals surface area contributed by atoms with Gasteiger partial charge in [0.1, 0.15) is 0 Å². The zero-order chi connectivity index (χ0) is 9.42. The van der Waals surface area contributed by atoms with Crippen molar-refractivity contribution >= 4 is 54.4 Å². The molecule has 4 heteroatoms. The van der Waals surface area contributed by atoms with Gasteiger partial charge in [0.15, 0.2) is 0 Å². The summed E-state index contributed by atoms with van der Waals surface area (Å²) < 4.78 is 1.93. The highest BCUT2D eigenvalue weighted by Gasteiger charge is 2.04. The zero-order valence-electron chi connectivity index (χ0n) is 6.39. The third-order valence-corrected chi connectivity index (χ3v) is 3.10. The Morgan fingerprint density at radius 2 is 2.00 bits per heavy atom. The van der Waals surface area contributed by atoms with E-state index >= 15 is 0 Å². The molecule has 0 spiro atoms. The van der Waals surface area contributed by atoms with Crippen LogP contribution in [0.1, 0.15) is 0 Å². The van der Waals surface area contributed by atoms with Gasteiger partial charge < -0.3 is 0 Å². The highest BCUT2D eigenvalue weighted by atomic mass is 79.9. The van der Waals surface area contributed by atoms with Crippen LogP contribution in [0.3, 0.4) is 0 Å². The van der Waals surface area contributed by atoms with Crippen LogP contribution in [0.5, 0.6) is 0 Å². The van der Waals surface area contributed by atoms with Crippen molar-refractivity contribution in [3.05, 3.63) is 38.4 Å². The molecule has 2 rings (SSSR count). The van der Waals surface area contributed by atoms with Crippen LogP contribution >= 0.6 is 43.5 Å². The number of hydrogen-bond donors (Lipinski definition) is 0. The Bertz CT molecular complexity index is 470. The lowest BCUT2D eigenvalue weighted by molar-refractivity contribution is 1.40. The molecule has 0 atom stereocenters. The summed E-state index contributed by atoms with van der Waals surface area (Å²) >= 11 is 12.9. The first-order chi connectivity index (χ1) is 6.18. The molecule has 0 amide bonds. The topological polar surface area (TPSA) is 12.9 Å². The van der Waals surface area contributed by atoms with Gasteiger partial charge in [-0.1, -0.05) is 27.5 Å². The molecule has 1 aromatic heterocycles. The third-order valence-electron chi connectivity index (χ3n) is 1.71. The Hall–Kier alpha value is -0.120. The van der Waals surface area contributed by atoms with E-state index in [0.29, 0.717) is 5.02 Å². The molecule has 66 valence electrons. The van der Waals surface area contributed by atoms with Crippen LogP contribution in [0, 0.1) is 0 Å². The van der Waals surface area contributed by atoms with Gasteiger partial charge in [0.2, 0.25) is 0 Å². The molecule has 0 aliphatic heterocycles. The maximum atomic E-state index is 6.02. The van der Waals surface area contributed by atoms with E-state index < -0.39 is 0 Å². The van der Waals surface area contributed by atoms with E-state index in [1.165, 1.54) is 0 Å².